The van der Waals surface area contributed by atoms with Crippen molar-refractivity contribution in [1.29, 1.82) is 0 Å². The van der Waals surface area contributed by atoms with E-state index in [1.54, 1.807) is 10.6 Å². The van der Waals surface area contributed by atoms with Gasteiger partial charge in [-0.2, -0.15) is 0 Å². The first-order valence-electron chi connectivity index (χ1n) is 10.6. The number of nitrogen functional groups attached to an aromatic ring is 1. The number of carboxylic acids is 1. The molecule has 3 unspecified atom stereocenters. The molecule has 7 nitrogen and oxygen atoms in total. The van der Waals surface area contributed by atoms with Gasteiger partial charge in [0.1, 0.15) is 11.7 Å². The van der Waals surface area contributed by atoms with Crippen LogP contribution in [-0.4, -0.2) is 47.5 Å². The van der Waals surface area contributed by atoms with Crippen molar-refractivity contribution in [1.82, 2.24) is 9.88 Å². The van der Waals surface area contributed by atoms with Crippen LogP contribution in [0, 0.1) is 12.8 Å². The second-order valence-corrected chi connectivity index (χ2v) is 9.07. The number of hydrogen-bond donors (Lipinski definition) is 3. The molecular weight excluding hydrogens is 387 g/mol. The van der Waals surface area contributed by atoms with Crippen LogP contribution < -0.4 is 21.4 Å². The fourth-order valence-corrected chi connectivity index (χ4v) is 5.34. The molecular formula is C22H27FN4O3. The van der Waals surface area contributed by atoms with Gasteiger partial charge in [-0.15, -0.1) is 0 Å². The number of halogens is 1. The Labute approximate surface area is 173 Å². The first kappa shape index (κ1) is 19.4. The third-order valence-electron chi connectivity index (χ3n) is 7.42. The summed E-state index contributed by atoms with van der Waals surface area (Å²) in [7, 11) is 2.02. The summed E-state index contributed by atoms with van der Waals surface area (Å²) in [6.07, 6.45) is 4.04. The van der Waals surface area contributed by atoms with E-state index < -0.39 is 23.6 Å². The average Bonchev–Trinajstić information content (AvgIpc) is 3.61. The highest BCUT2D eigenvalue weighted by molar-refractivity contribution is 6.01. The lowest BCUT2D eigenvalue weighted by molar-refractivity contribution is 0.0694. The largest absolute Gasteiger partial charge is 0.477 e. The normalized spacial score (nSPS) is 26.9. The molecule has 8 heteroatoms. The van der Waals surface area contributed by atoms with Crippen LogP contribution in [0.1, 0.15) is 47.6 Å². The Morgan fingerprint density at radius 2 is 2.10 bits per heavy atom. The molecule has 2 saturated carbocycles. The predicted octanol–water partition coefficient (Wildman–Crippen LogP) is 2.45. The molecule has 1 aliphatic heterocycles. The van der Waals surface area contributed by atoms with Gasteiger partial charge in [-0.1, -0.05) is 0 Å². The van der Waals surface area contributed by atoms with Gasteiger partial charge >= 0.3 is 5.97 Å². The van der Waals surface area contributed by atoms with E-state index in [2.05, 4.69) is 10.2 Å². The van der Waals surface area contributed by atoms with E-state index in [0.29, 0.717) is 17.9 Å². The number of carboxylic acid groups (broad SMARTS) is 1. The number of pyridine rings is 1. The van der Waals surface area contributed by atoms with Crippen LogP contribution in [0.5, 0.6) is 0 Å². The van der Waals surface area contributed by atoms with Gasteiger partial charge in [0.05, 0.1) is 16.9 Å². The van der Waals surface area contributed by atoms with Crippen LogP contribution in [0.4, 0.5) is 15.8 Å². The zero-order chi connectivity index (χ0) is 21.4. The van der Waals surface area contributed by atoms with Gasteiger partial charge in [-0.05, 0) is 50.8 Å². The van der Waals surface area contributed by atoms with E-state index in [0.717, 1.165) is 30.8 Å². The van der Waals surface area contributed by atoms with Crippen molar-refractivity contribution in [3.8, 4) is 0 Å². The van der Waals surface area contributed by atoms with E-state index in [9.17, 15) is 19.1 Å². The summed E-state index contributed by atoms with van der Waals surface area (Å²) in [4.78, 5) is 26.8. The summed E-state index contributed by atoms with van der Waals surface area (Å²) in [6, 6.07) is 1.33. The highest BCUT2D eigenvalue weighted by Gasteiger charge is 2.50. The zero-order valence-corrected chi connectivity index (χ0v) is 17.2. The molecule has 160 valence electrons. The third-order valence-corrected chi connectivity index (χ3v) is 7.42. The molecule has 0 amide bonds. The molecule has 4 N–H and O–H groups in total. The topological polar surface area (TPSA) is 101 Å². The van der Waals surface area contributed by atoms with Gasteiger partial charge in [0.25, 0.3) is 0 Å². The molecule has 0 bridgehead atoms. The quantitative estimate of drug-likeness (QED) is 0.650. The number of hydrogen-bond acceptors (Lipinski definition) is 5. The maximum Gasteiger partial charge on any atom is 0.341 e. The molecule has 0 spiro atoms. The summed E-state index contributed by atoms with van der Waals surface area (Å²) in [5, 5.41) is 13.1. The van der Waals surface area contributed by atoms with Gasteiger partial charge in [0.2, 0.25) is 5.43 Å². The van der Waals surface area contributed by atoms with Gasteiger partial charge in [0.15, 0.2) is 0 Å². The summed E-state index contributed by atoms with van der Waals surface area (Å²) in [6.45, 7) is 3.72. The maximum atomic E-state index is 14.0. The first-order chi connectivity index (χ1) is 14.3. The maximum absolute atomic E-state index is 14.0. The van der Waals surface area contributed by atoms with Crippen molar-refractivity contribution in [3.05, 3.63) is 33.6 Å². The van der Waals surface area contributed by atoms with Gasteiger partial charge in [-0.25, -0.2) is 9.18 Å². The van der Waals surface area contributed by atoms with Gasteiger partial charge in [-0.3, -0.25) is 4.79 Å². The fourth-order valence-electron chi connectivity index (χ4n) is 5.34. The van der Waals surface area contributed by atoms with E-state index in [1.165, 1.54) is 19.0 Å². The Morgan fingerprint density at radius 1 is 1.40 bits per heavy atom. The molecule has 2 aromatic rings. The lowest BCUT2D eigenvalue weighted by Crippen LogP contribution is -2.37. The molecule has 2 aliphatic carbocycles. The van der Waals surface area contributed by atoms with Gasteiger partial charge in [0, 0.05) is 42.6 Å². The highest BCUT2D eigenvalue weighted by Crippen LogP contribution is 2.48. The molecule has 1 aromatic carbocycles. The molecule has 1 saturated heterocycles. The van der Waals surface area contributed by atoms with Gasteiger partial charge < -0.3 is 25.6 Å². The molecule has 3 aliphatic rings. The van der Waals surface area contributed by atoms with Crippen molar-refractivity contribution in [2.75, 3.05) is 30.8 Å². The number of benzene rings is 1. The van der Waals surface area contributed by atoms with Crippen molar-refractivity contribution in [2.45, 2.75) is 50.4 Å². The number of anilines is 2. The van der Waals surface area contributed by atoms with E-state index in [4.69, 9.17) is 5.73 Å². The van der Waals surface area contributed by atoms with Crippen LogP contribution in [-0.2, 0) is 0 Å². The lowest BCUT2D eigenvalue weighted by Gasteiger charge is -2.26. The van der Waals surface area contributed by atoms with Crippen LogP contribution in [0.15, 0.2) is 17.1 Å². The predicted molar refractivity (Wildman–Crippen MR) is 114 cm³/mol. The first-order valence-corrected chi connectivity index (χ1v) is 10.6. The Morgan fingerprint density at radius 3 is 2.67 bits per heavy atom. The zero-order valence-electron chi connectivity index (χ0n) is 17.2. The van der Waals surface area contributed by atoms with Crippen molar-refractivity contribution >= 4 is 28.2 Å². The van der Waals surface area contributed by atoms with Crippen molar-refractivity contribution in [2.24, 2.45) is 5.92 Å². The average molecular weight is 414 g/mol. The van der Waals surface area contributed by atoms with E-state index in [-0.39, 0.29) is 22.2 Å². The number of nitrogens with one attached hydrogen (secondary N) is 1. The number of aromatic carboxylic acids is 1. The van der Waals surface area contributed by atoms with Crippen LogP contribution in [0.25, 0.3) is 10.9 Å². The molecule has 30 heavy (non-hydrogen) atoms. The van der Waals surface area contributed by atoms with E-state index >= 15 is 0 Å². The van der Waals surface area contributed by atoms with Crippen LogP contribution >= 0.6 is 0 Å². The smallest absolute Gasteiger partial charge is 0.341 e. The van der Waals surface area contributed by atoms with Crippen molar-refractivity contribution < 1.29 is 14.3 Å². The van der Waals surface area contributed by atoms with Crippen molar-refractivity contribution in [3.63, 3.8) is 0 Å². The number of rotatable bonds is 5. The minimum atomic E-state index is -1.32. The Balaban J connectivity index is 1.65. The highest BCUT2D eigenvalue weighted by atomic mass is 19.1. The SMILES string of the molecule is CNC1(C2CCN(c3cc(N)c4c(=O)c(C(=O)O)cn(C5CC5F)c4c3C)C2)CC1. The Kier molecular flexibility index (Phi) is 4.16. The standard InChI is InChI=1S/C22H27FN4O3/c1-11-16(26-6-3-12(9-26)22(25-2)4-5-22)8-15(24)18-19(11)27(17-7-14(17)23)10-13(20(18)28)21(29)30/h8,10,12,14,17,25H,3-7,9,24H2,1-2H3,(H,29,30). The number of fused-ring (bicyclic) bond motifs is 1. The summed E-state index contributed by atoms with van der Waals surface area (Å²) >= 11 is 0. The molecule has 5 rings (SSSR count). The molecule has 2 heterocycles. The minimum absolute atomic E-state index is 0.180. The second kappa shape index (κ2) is 6.44. The molecule has 3 fully saturated rings. The van der Waals surface area contributed by atoms with Crippen LogP contribution in [0.3, 0.4) is 0 Å². The monoisotopic (exact) mass is 414 g/mol. The summed E-state index contributed by atoms with van der Waals surface area (Å²) < 4.78 is 15.6. The summed E-state index contributed by atoms with van der Waals surface area (Å²) in [5.41, 5.74) is 8.17. The second-order valence-electron chi connectivity index (χ2n) is 9.07. The van der Waals surface area contributed by atoms with Crippen LogP contribution in [0.2, 0.25) is 0 Å². The molecule has 3 atom stereocenters. The number of nitrogens with two attached hydrogens (primary N) is 1. The lowest BCUT2D eigenvalue weighted by atomic mass is 9.96. The fraction of sp³-hybridized carbons (Fsp3) is 0.545. The van der Waals surface area contributed by atoms with E-state index in [1.807, 2.05) is 14.0 Å². The summed E-state index contributed by atoms with van der Waals surface area (Å²) in [5.74, 6) is -0.772. The number of alkyl halides is 1. The number of nitrogens with zero attached hydrogens (tertiary/aromatic N) is 2. The Bertz CT molecular complexity index is 1120. The third kappa shape index (κ3) is 2.73. The molecule has 1 aromatic heterocycles. The number of aromatic nitrogens is 1. The minimum Gasteiger partial charge on any atom is -0.477 e. The Hall–Kier alpha value is -2.61. The number of carbonyl (C=O) groups is 1. The molecule has 0 radical (unpaired) electrons. The number of aryl methyl sites for hydroxylation is 1.